The van der Waals surface area contributed by atoms with Gasteiger partial charge in [0.2, 0.25) is 0 Å². The van der Waals surface area contributed by atoms with Crippen molar-refractivity contribution in [2.45, 2.75) is 13.8 Å². The zero-order valence-corrected chi connectivity index (χ0v) is 8.41. The number of benzene rings is 1. The average molecular weight is 173 g/mol. The first kappa shape index (κ1) is 9.72. The first-order valence-corrected chi connectivity index (χ1v) is 4.41. The normalized spacial score (nSPS) is 13.2. The van der Waals surface area contributed by atoms with E-state index in [-0.39, 0.29) is 0 Å². The largest absolute Gasteiger partial charge is 0.293 e. The molecule has 0 unspecified atom stereocenters. The Morgan fingerprint density at radius 2 is 1.77 bits per heavy atom. The molecule has 1 heteroatoms. The lowest BCUT2D eigenvalue weighted by Gasteiger charge is -2.00. The Labute approximate surface area is 79.8 Å². The molecule has 0 saturated carbocycles. The number of rotatable bonds is 2. The van der Waals surface area contributed by atoms with Crippen LogP contribution in [0.4, 0.5) is 0 Å². The second kappa shape index (κ2) is 4.61. The topological polar surface area (TPSA) is 12.4 Å². The minimum absolute atomic E-state index is 1.06. The van der Waals surface area contributed by atoms with Gasteiger partial charge in [0.15, 0.2) is 0 Å². The van der Waals surface area contributed by atoms with Crippen LogP contribution in [0.5, 0.6) is 0 Å². The van der Waals surface area contributed by atoms with Crippen LogP contribution in [0.15, 0.2) is 41.4 Å². The summed E-state index contributed by atoms with van der Waals surface area (Å²) in [5, 5.41) is 0. The molecule has 0 bridgehead atoms. The SMILES string of the molecule is C/N=C(C)/C=C(\C)c1ccccc1. The number of nitrogens with zero attached hydrogens (tertiary/aromatic N) is 1. The van der Waals surface area contributed by atoms with Gasteiger partial charge in [-0.25, -0.2) is 0 Å². The van der Waals surface area contributed by atoms with Gasteiger partial charge in [-0.1, -0.05) is 30.3 Å². The molecule has 1 aromatic carbocycles. The van der Waals surface area contributed by atoms with E-state index in [4.69, 9.17) is 0 Å². The summed E-state index contributed by atoms with van der Waals surface area (Å²) in [6, 6.07) is 10.3. The number of hydrogen-bond acceptors (Lipinski definition) is 1. The molecule has 1 rings (SSSR count). The van der Waals surface area contributed by atoms with Crippen LogP contribution < -0.4 is 0 Å². The van der Waals surface area contributed by atoms with Crippen LogP contribution in [-0.4, -0.2) is 12.8 Å². The number of aliphatic imine (C=N–C) groups is 1. The van der Waals surface area contributed by atoms with E-state index < -0.39 is 0 Å². The van der Waals surface area contributed by atoms with E-state index in [2.05, 4.69) is 30.1 Å². The van der Waals surface area contributed by atoms with E-state index in [0.29, 0.717) is 0 Å². The molecule has 1 aromatic rings. The highest BCUT2D eigenvalue weighted by Crippen LogP contribution is 2.12. The van der Waals surface area contributed by atoms with Gasteiger partial charge in [0, 0.05) is 12.8 Å². The predicted molar refractivity (Wildman–Crippen MR) is 59.1 cm³/mol. The Balaban J connectivity index is 2.92. The van der Waals surface area contributed by atoms with Crippen molar-refractivity contribution in [1.82, 2.24) is 0 Å². The van der Waals surface area contributed by atoms with Gasteiger partial charge in [-0.15, -0.1) is 0 Å². The highest BCUT2D eigenvalue weighted by atomic mass is 14.7. The molecule has 0 saturated heterocycles. The van der Waals surface area contributed by atoms with Crippen molar-refractivity contribution >= 4 is 11.3 Å². The summed E-state index contributed by atoms with van der Waals surface area (Å²) < 4.78 is 0. The zero-order valence-electron chi connectivity index (χ0n) is 8.41. The maximum Gasteiger partial charge on any atom is 0.0316 e. The molecular formula is C12H15N. The van der Waals surface area contributed by atoms with Crippen LogP contribution in [0.1, 0.15) is 19.4 Å². The van der Waals surface area contributed by atoms with E-state index in [9.17, 15) is 0 Å². The second-order valence-corrected chi connectivity index (χ2v) is 3.06. The van der Waals surface area contributed by atoms with Gasteiger partial charge < -0.3 is 0 Å². The number of hydrogen-bond donors (Lipinski definition) is 0. The summed E-state index contributed by atoms with van der Waals surface area (Å²) in [6.45, 7) is 4.11. The fourth-order valence-corrected chi connectivity index (χ4v) is 1.16. The Morgan fingerprint density at radius 1 is 1.15 bits per heavy atom. The molecule has 0 amide bonds. The maximum absolute atomic E-state index is 4.09. The molecule has 0 aliphatic carbocycles. The van der Waals surface area contributed by atoms with Crippen molar-refractivity contribution in [3.63, 3.8) is 0 Å². The molecule has 0 radical (unpaired) electrons. The van der Waals surface area contributed by atoms with Crippen LogP contribution in [0.3, 0.4) is 0 Å². The lowest BCUT2D eigenvalue weighted by Crippen LogP contribution is -1.86. The fraction of sp³-hybridized carbons (Fsp3) is 0.250. The van der Waals surface area contributed by atoms with Crippen LogP contribution in [-0.2, 0) is 0 Å². The molecular weight excluding hydrogens is 158 g/mol. The third-order valence-corrected chi connectivity index (χ3v) is 2.01. The highest BCUT2D eigenvalue weighted by molar-refractivity contribution is 5.98. The summed E-state index contributed by atoms with van der Waals surface area (Å²) in [7, 11) is 1.81. The second-order valence-electron chi connectivity index (χ2n) is 3.06. The fourth-order valence-electron chi connectivity index (χ4n) is 1.16. The summed E-state index contributed by atoms with van der Waals surface area (Å²) in [4.78, 5) is 4.09. The molecule has 0 fully saturated rings. The van der Waals surface area contributed by atoms with Crippen molar-refractivity contribution in [1.29, 1.82) is 0 Å². The van der Waals surface area contributed by atoms with E-state index in [1.807, 2.05) is 32.2 Å². The molecule has 68 valence electrons. The minimum Gasteiger partial charge on any atom is -0.293 e. The molecule has 0 aromatic heterocycles. The Kier molecular flexibility index (Phi) is 3.44. The summed E-state index contributed by atoms with van der Waals surface area (Å²) in [5.41, 5.74) is 3.57. The predicted octanol–water partition coefficient (Wildman–Crippen LogP) is 3.18. The van der Waals surface area contributed by atoms with Crippen molar-refractivity contribution in [3.8, 4) is 0 Å². The summed E-state index contributed by atoms with van der Waals surface area (Å²) in [6.07, 6.45) is 2.09. The average Bonchev–Trinajstić information content (AvgIpc) is 2.19. The van der Waals surface area contributed by atoms with Gasteiger partial charge in [0.1, 0.15) is 0 Å². The van der Waals surface area contributed by atoms with E-state index in [1.165, 1.54) is 11.1 Å². The molecule has 0 atom stereocenters. The van der Waals surface area contributed by atoms with Crippen molar-refractivity contribution in [3.05, 3.63) is 42.0 Å². The van der Waals surface area contributed by atoms with Gasteiger partial charge in [-0.3, -0.25) is 4.99 Å². The van der Waals surface area contributed by atoms with Gasteiger partial charge >= 0.3 is 0 Å². The molecule has 0 heterocycles. The van der Waals surface area contributed by atoms with Crippen LogP contribution in [0.25, 0.3) is 5.57 Å². The Hall–Kier alpha value is -1.37. The third kappa shape index (κ3) is 2.86. The monoisotopic (exact) mass is 173 g/mol. The summed E-state index contributed by atoms with van der Waals surface area (Å²) >= 11 is 0. The first-order chi connectivity index (χ1) is 6.24. The third-order valence-electron chi connectivity index (χ3n) is 2.01. The minimum atomic E-state index is 1.06. The lowest BCUT2D eigenvalue weighted by molar-refractivity contribution is 1.43. The van der Waals surface area contributed by atoms with E-state index >= 15 is 0 Å². The smallest absolute Gasteiger partial charge is 0.0316 e. The van der Waals surface area contributed by atoms with Crippen molar-refractivity contribution in [2.75, 3.05) is 7.05 Å². The van der Waals surface area contributed by atoms with Crippen molar-refractivity contribution in [2.24, 2.45) is 4.99 Å². The van der Waals surface area contributed by atoms with Crippen LogP contribution in [0, 0.1) is 0 Å². The van der Waals surface area contributed by atoms with Gasteiger partial charge in [0.05, 0.1) is 0 Å². The van der Waals surface area contributed by atoms with Gasteiger partial charge in [-0.05, 0) is 31.1 Å². The Bertz CT molecular complexity index is 320. The molecule has 1 nitrogen and oxygen atoms in total. The molecule has 0 N–H and O–H groups in total. The molecule has 0 aliphatic heterocycles. The lowest BCUT2D eigenvalue weighted by atomic mass is 10.1. The van der Waals surface area contributed by atoms with Crippen LogP contribution >= 0.6 is 0 Å². The van der Waals surface area contributed by atoms with E-state index in [0.717, 1.165) is 5.71 Å². The van der Waals surface area contributed by atoms with Crippen LogP contribution in [0.2, 0.25) is 0 Å². The number of allylic oxidation sites excluding steroid dienone is 2. The Morgan fingerprint density at radius 3 is 2.31 bits per heavy atom. The summed E-state index contributed by atoms with van der Waals surface area (Å²) in [5.74, 6) is 0. The molecule has 13 heavy (non-hydrogen) atoms. The molecule has 0 spiro atoms. The first-order valence-electron chi connectivity index (χ1n) is 4.41. The molecule has 0 aliphatic rings. The standard InChI is InChI=1S/C12H15N/c1-10(9-11(2)13-3)12-7-5-4-6-8-12/h4-9H,1-3H3/b10-9+,13-11+. The zero-order chi connectivity index (χ0) is 9.68. The van der Waals surface area contributed by atoms with E-state index in [1.54, 1.807) is 0 Å². The maximum atomic E-state index is 4.09. The van der Waals surface area contributed by atoms with Crippen molar-refractivity contribution < 1.29 is 0 Å². The van der Waals surface area contributed by atoms with Gasteiger partial charge in [0.25, 0.3) is 0 Å². The van der Waals surface area contributed by atoms with Gasteiger partial charge in [-0.2, -0.15) is 0 Å². The highest BCUT2D eigenvalue weighted by Gasteiger charge is 1.93. The quantitative estimate of drug-likeness (QED) is 0.609.